The van der Waals surface area contributed by atoms with Gasteiger partial charge in [-0.05, 0) is 18.1 Å². The maximum absolute atomic E-state index is 12.1. The van der Waals surface area contributed by atoms with E-state index in [1.165, 1.54) is 0 Å². The Hall–Kier alpha value is -2.02. The fourth-order valence-electron chi connectivity index (χ4n) is 1.75. The van der Waals surface area contributed by atoms with E-state index in [1.807, 2.05) is 6.92 Å². The summed E-state index contributed by atoms with van der Waals surface area (Å²) in [7, 11) is 0. The molecule has 0 aliphatic heterocycles. The van der Waals surface area contributed by atoms with Gasteiger partial charge < -0.3 is 10.4 Å². The van der Waals surface area contributed by atoms with Crippen LogP contribution in [-0.2, 0) is 4.79 Å². The Balaban J connectivity index is 2.20. The van der Waals surface area contributed by atoms with Crippen LogP contribution < -0.4 is 5.32 Å². The number of hydrogen-bond acceptors (Lipinski definition) is 5. The molecule has 0 fully saturated rings. The van der Waals surface area contributed by atoms with Crippen molar-refractivity contribution in [3.05, 3.63) is 23.3 Å². The second kappa shape index (κ2) is 5.96. The summed E-state index contributed by atoms with van der Waals surface area (Å²) in [5.41, 5.74) is 0.637. The van der Waals surface area contributed by atoms with E-state index in [0.717, 1.165) is 11.3 Å². The molecule has 0 spiro atoms. The van der Waals surface area contributed by atoms with Gasteiger partial charge in [0, 0.05) is 6.20 Å². The topological polar surface area (TPSA) is 92.2 Å². The van der Waals surface area contributed by atoms with E-state index in [0.29, 0.717) is 16.8 Å². The fraction of sp³-hybridized carbons (Fsp3) is 0.385. The van der Waals surface area contributed by atoms with Crippen LogP contribution in [-0.4, -0.2) is 33.0 Å². The molecule has 106 valence electrons. The lowest BCUT2D eigenvalue weighted by atomic mass is 9.99. The molecule has 6 nitrogen and oxygen atoms in total. The Labute approximate surface area is 119 Å². The zero-order valence-electron chi connectivity index (χ0n) is 11.2. The van der Waals surface area contributed by atoms with Gasteiger partial charge in [0.15, 0.2) is 5.01 Å². The Bertz CT molecular complexity index is 608. The van der Waals surface area contributed by atoms with Gasteiger partial charge in [0.25, 0.3) is 5.91 Å². The monoisotopic (exact) mass is 293 g/mol. The second-order valence-corrected chi connectivity index (χ2v) is 5.50. The first kappa shape index (κ1) is 14.4. The lowest BCUT2D eigenvalue weighted by Gasteiger charge is -2.19. The smallest absolute Gasteiger partial charge is 0.326 e. The van der Waals surface area contributed by atoms with Crippen molar-refractivity contribution in [3.8, 4) is 0 Å². The number of thiazole rings is 1. The van der Waals surface area contributed by atoms with E-state index < -0.39 is 17.9 Å². The van der Waals surface area contributed by atoms with Crippen molar-refractivity contribution in [2.45, 2.75) is 26.3 Å². The number of aliphatic carboxylic acids is 1. The predicted molar refractivity (Wildman–Crippen MR) is 75.8 cm³/mol. The van der Waals surface area contributed by atoms with Gasteiger partial charge in [-0.1, -0.05) is 31.6 Å². The molecule has 2 aromatic heterocycles. The number of carboxylic acids is 1. The summed E-state index contributed by atoms with van der Waals surface area (Å²) < 4.78 is 0. The molecule has 2 N–H and O–H groups in total. The number of carboxylic acid groups (broad SMARTS) is 1. The second-order valence-electron chi connectivity index (χ2n) is 4.52. The van der Waals surface area contributed by atoms with Crippen LogP contribution in [0.15, 0.2) is 18.3 Å². The maximum atomic E-state index is 12.1. The molecule has 2 aromatic rings. The lowest BCUT2D eigenvalue weighted by molar-refractivity contribution is -0.140. The number of nitrogens with zero attached hydrogens (tertiary/aromatic N) is 2. The van der Waals surface area contributed by atoms with Gasteiger partial charge >= 0.3 is 5.97 Å². The number of hydrogen-bond donors (Lipinski definition) is 2. The highest BCUT2D eigenvalue weighted by Gasteiger charge is 2.26. The highest BCUT2D eigenvalue weighted by atomic mass is 32.1. The first-order valence-corrected chi connectivity index (χ1v) is 7.09. The minimum atomic E-state index is -1.04. The lowest BCUT2D eigenvalue weighted by Crippen LogP contribution is -2.44. The van der Waals surface area contributed by atoms with Gasteiger partial charge in [-0.25, -0.2) is 14.8 Å². The molecule has 0 saturated heterocycles. The average molecular weight is 293 g/mol. The summed E-state index contributed by atoms with van der Waals surface area (Å²) in [5.74, 6) is -1.66. The number of rotatable bonds is 5. The quantitative estimate of drug-likeness (QED) is 0.878. The minimum absolute atomic E-state index is 0.149. The molecule has 0 saturated carbocycles. The first-order valence-electron chi connectivity index (χ1n) is 6.28. The fourth-order valence-corrected chi connectivity index (χ4v) is 2.56. The molecule has 0 aliphatic rings. The molecule has 0 aromatic carbocycles. The number of nitrogens with one attached hydrogen (secondary N) is 1. The van der Waals surface area contributed by atoms with Gasteiger partial charge in [-0.3, -0.25) is 4.79 Å². The Kier molecular flexibility index (Phi) is 4.29. The van der Waals surface area contributed by atoms with Crippen LogP contribution in [0.25, 0.3) is 10.3 Å². The zero-order valence-corrected chi connectivity index (χ0v) is 12.0. The van der Waals surface area contributed by atoms with E-state index in [1.54, 1.807) is 25.3 Å². The molecular formula is C13H15N3O3S. The van der Waals surface area contributed by atoms with Crippen molar-refractivity contribution in [1.82, 2.24) is 15.3 Å². The van der Waals surface area contributed by atoms with Crippen LogP contribution in [0.3, 0.4) is 0 Å². The van der Waals surface area contributed by atoms with Gasteiger partial charge in [-0.15, -0.1) is 0 Å². The molecule has 0 aliphatic carbocycles. The van der Waals surface area contributed by atoms with Crippen molar-refractivity contribution < 1.29 is 14.7 Å². The molecule has 2 rings (SSSR count). The molecule has 2 atom stereocenters. The van der Waals surface area contributed by atoms with Crippen LogP contribution in [0.4, 0.5) is 0 Å². The van der Waals surface area contributed by atoms with E-state index in [9.17, 15) is 9.59 Å². The molecule has 2 heterocycles. The number of carbonyl (C=O) groups is 2. The van der Waals surface area contributed by atoms with Crippen LogP contribution in [0, 0.1) is 5.92 Å². The molecule has 1 amide bonds. The SMILES string of the molecule is CC[C@H](C)[C@H](NC(=O)c1nc2cccnc2s1)C(=O)O. The number of carbonyl (C=O) groups excluding carboxylic acids is 1. The summed E-state index contributed by atoms with van der Waals surface area (Å²) in [6.07, 6.45) is 2.29. The number of aromatic nitrogens is 2. The Morgan fingerprint density at radius 3 is 2.85 bits per heavy atom. The standard InChI is InChI=1S/C13H15N3O3S/c1-3-7(2)9(13(18)19)16-10(17)12-15-8-5-4-6-14-11(8)20-12/h4-7,9H,3H2,1-2H3,(H,16,17)(H,18,19)/t7-,9-/m0/s1. The van der Waals surface area contributed by atoms with Gasteiger partial charge in [0.2, 0.25) is 0 Å². The molecular weight excluding hydrogens is 278 g/mol. The third-order valence-electron chi connectivity index (χ3n) is 3.13. The van der Waals surface area contributed by atoms with E-state index in [4.69, 9.17) is 5.11 Å². The summed E-state index contributed by atoms with van der Waals surface area (Å²) in [5, 5.41) is 11.9. The van der Waals surface area contributed by atoms with Crippen molar-refractivity contribution in [2.24, 2.45) is 5.92 Å². The molecule has 0 bridgehead atoms. The van der Waals surface area contributed by atoms with Crippen LogP contribution in [0.5, 0.6) is 0 Å². The van der Waals surface area contributed by atoms with E-state index in [2.05, 4.69) is 15.3 Å². The third-order valence-corrected chi connectivity index (χ3v) is 4.10. The van der Waals surface area contributed by atoms with Crippen LogP contribution in [0.1, 0.15) is 30.1 Å². The minimum Gasteiger partial charge on any atom is -0.480 e. The summed E-state index contributed by atoms with van der Waals surface area (Å²) in [6, 6.07) is 2.59. The average Bonchev–Trinajstić information content (AvgIpc) is 2.87. The molecule has 20 heavy (non-hydrogen) atoms. The van der Waals surface area contributed by atoms with Gasteiger partial charge in [0.1, 0.15) is 16.4 Å². The van der Waals surface area contributed by atoms with E-state index in [-0.39, 0.29) is 10.9 Å². The van der Waals surface area contributed by atoms with Crippen molar-refractivity contribution in [1.29, 1.82) is 0 Å². The number of fused-ring (bicyclic) bond motifs is 1. The largest absolute Gasteiger partial charge is 0.480 e. The highest BCUT2D eigenvalue weighted by Crippen LogP contribution is 2.19. The van der Waals surface area contributed by atoms with Crippen molar-refractivity contribution in [3.63, 3.8) is 0 Å². The Morgan fingerprint density at radius 1 is 1.50 bits per heavy atom. The van der Waals surface area contributed by atoms with Gasteiger partial charge in [0.05, 0.1) is 0 Å². The summed E-state index contributed by atoms with van der Waals surface area (Å²) in [4.78, 5) is 32.2. The van der Waals surface area contributed by atoms with Crippen molar-refractivity contribution >= 4 is 33.6 Å². The first-order chi connectivity index (χ1) is 9.52. The van der Waals surface area contributed by atoms with Crippen LogP contribution in [0.2, 0.25) is 0 Å². The number of pyridine rings is 1. The predicted octanol–water partition coefficient (Wildman–Crippen LogP) is 1.92. The number of amides is 1. The summed E-state index contributed by atoms with van der Waals surface area (Å²) in [6.45, 7) is 3.67. The van der Waals surface area contributed by atoms with Gasteiger partial charge in [-0.2, -0.15) is 0 Å². The third kappa shape index (κ3) is 2.93. The van der Waals surface area contributed by atoms with Crippen LogP contribution >= 0.6 is 11.3 Å². The zero-order chi connectivity index (χ0) is 14.7. The van der Waals surface area contributed by atoms with E-state index >= 15 is 0 Å². The molecule has 0 unspecified atom stereocenters. The highest BCUT2D eigenvalue weighted by molar-refractivity contribution is 7.19. The summed E-state index contributed by atoms with van der Waals surface area (Å²) >= 11 is 1.15. The molecule has 0 radical (unpaired) electrons. The normalized spacial score (nSPS) is 13.9. The Morgan fingerprint density at radius 2 is 2.25 bits per heavy atom. The van der Waals surface area contributed by atoms with Crippen molar-refractivity contribution in [2.75, 3.05) is 0 Å². The molecule has 7 heteroatoms. The maximum Gasteiger partial charge on any atom is 0.326 e.